The van der Waals surface area contributed by atoms with Crippen molar-refractivity contribution in [3.63, 3.8) is 0 Å². The fraction of sp³-hybridized carbons (Fsp3) is 0.571. The van der Waals surface area contributed by atoms with E-state index in [-0.39, 0.29) is 18.4 Å². The molecule has 0 atom stereocenters. The molecule has 0 spiro atoms. The molecule has 0 saturated heterocycles. The van der Waals surface area contributed by atoms with Crippen LogP contribution >= 0.6 is 12.4 Å². The molecular formula is C7H14ClNO2. The van der Waals surface area contributed by atoms with Gasteiger partial charge in [-0.1, -0.05) is 6.58 Å². The smallest absolute Gasteiger partial charge is 0.330 e. The van der Waals surface area contributed by atoms with Crippen LogP contribution in [-0.4, -0.2) is 26.2 Å². The van der Waals surface area contributed by atoms with Crippen LogP contribution in [0.25, 0.3) is 0 Å². The molecule has 0 bridgehead atoms. The van der Waals surface area contributed by atoms with Crippen molar-refractivity contribution in [3.05, 3.63) is 12.7 Å². The summed E-state index contributed by atoms with van der Waals surface area (Å²) >= 11 is 0. The first-order valence-electron chi connectivity index (χ1n) is 3.25. The molecular weight excluding hydrogens is 166 g/mol. The van der Waals surface area contributed by atoms with Gasteiger partial charge >= 0.3 is 5.97 Å². The van der Waals surface area contributed by atoms with Crippen LogP contribution in [-0.2, 0) is 9.53 Å². The van der Waals surface area contributed by atoms with Gasteiger partial charge in [-0.05, 0) is 20.0 Å². The molecule has 11 heavy (non-hydrogen) atoms. The molecule has 0 aromatic carbocycles. The number of ether oxygens (including phenoxy) is 1. The van der Waals surface area contributed by atoms with E-state index in [9.17, 15) is 4.79 Å². The summed E-state index contributed by atoms with van der Waals surface area (Å²) in [6.45, 7) is 4.60. The fourth-order valence-electron chi connectivity index (χ4n) is 0.481. The second kappa shape index (κ2) is 9.46. The van der Waals surface area contributed by atoms with E-state index in [1.54, 1.807) is 0 Å². The van der Waals surface area contributed by atoms with Crippen LogP contribution < -0.4 is 5.32 Å². The quantitative estimate of drug-likeness (QED) is 0.385. The Morgan fingerprint density at radius 3 is 2.82 bits per heavy atom. The van der Waals surface area contributed by atoms with E-state index in [1.807, 2.05) is 7.05 Å². The number of carbonyl (C=O) groups excluding carboxylic acids is 1. The molecule has 0 aliphatic carbocycles. The molecule has 0 aliphatic rings. The normalized spacial score (nSPS) is 8.09. The lowest BCUT2D eigenvalue weighted by atomic mass is 10.4. The third-order valence-corrected chi connectivity index (χ3v) is 0.982. The molecule has 3 nitrogen and oxygen atoms in total. The van der Waals surface area contributed by atoms with Crippen molar-refractivity contribution in [2.24, 2.45) is 0 Å². The molecule has 1 N–H and O–H groups in total. The highest BCUT2D eigenvalue weighted by molar-refractivity contribution is 5.85. The van der Waals surface area contributed by atoms with Crippen molar-refractivity contribution in [3.8, 4) is 0 Å². The van der Waals surface area contributed by atoms with Gasteiger partial charge in [0.05, 0.1) is 6.61 Å². The van der Waals surface area contributed by atoms with Crippen LogP contribution in [0.5, 0.6) is 0 Å². The maximum Gasteiger partial charge on any atom is 0.330 e. The molecule has 66 valence electrons. The Balaban J connectivity index is 0. The maximum atomic E-state index is 10.4. The van der Waals surface area contributed by atoms with Gasteiger partial charge in [-0.2, -0.15) is 0 Å². The summed E-state index contributed by atoms with van der Waals surface area (Å²) in [4.78, 5) is 10.4. The average molecular weight is 180 g/mol. The van der Waals surface area contributed by atoms with E-state index in [4.69, 9.17) is 4.74 Å². The third kappa shape index (κ3) is 9.46. The summed E-state index contributed by atoms with van der Waals surface area (Å²) in [5.41, 5.74) is 0. The van der Waals surface area contributed by atoms with E-state index < -0.39 is 0 Å². The van der Waals surface area contributed by atoms with Crippen LogP contribution in [0.2, 0.25) is 0 Å². The second-order valence-electron chi connectivity index (χ2n) is 1.83. The van der Waals surface area contributed by atoms with Gasteiger partial charge in [0.25, 0.3) is 0 Å². The highest BCUT2D eigenvalue weighted by atomic mass is 35.5. The van der Waals surface area contributed by atoms with Crippen molar-refractivity contribution < 1.29 is 9.53 Å². The zero-order chi connectivity index (χ0) is 7.82. The summed E-state index contributed by atoms with van der Waals surface area (Å²) < 4.78 is 4.70. The summed E-state index contributed by atoms with van der Waals surface area (Å²) in [7, 11) is 1.86. The zero-order valence-electron chi connectivity index (χ0n) is 6.63. The predicted molar refractivity (Wildman–Crippen MR) is 46.9 cm³/mol. The monoisotopic (exact) mass is 179 g/mol. The number of carbonyl (C=O) groups is 1. The predicted octanol–water partition coefficient (Wildman–Crippen LogP) is 0.747. The third-order valence-electron chi connectivity index (χ3n) is 0.982. The molecule has 0 aromatic heterocycles. The van der Waals surface area contributed by atoms with E-state index in [1.165, 1.54) is 6.08 Å². The van der Waals surface area contributed by atoms with Gasteiger partial charge in [0.15, 0.2) is 0 Å². The molecule has 0 fully saturated rings. The molecule has 0 radical (unpaired) electrons. The van der Waals surface area contributed by atoms with Crippen LogP contribution in [0.1, 0.15) is 6.42 Å². The SMILES string of the molecule is C=CC(=O)OCCCNC.Cl. The maximum absolute atomic E-state index is 10.4. The first-order valence-corrected chi connectivity index (χ1v) is 3.25. The first-order chi connectivity index (χ1) is 4.81. The topological polar surface area (TPSA) is 38.3 Å². The van der Waals surface area contributed by atoms with Crippen LogP contribution in [0.4, 0.5) is 0 Å². The van der Waals surface area contributed by atoms with Gasteiger partial charge in [-0.15, -0.1) is 12.4 Å². The van der Waals surface area contributed by atoms with Gasteiger partial charge in [0, 0.05) is 6.08 Å². The summed E-state index contributed by atoms with van der Waals surface area (Å²) in [5, 5.41) is 2.94. The Kier molecular flexibility index (Phi) is 11.2. The Bertz CT molecular complexity index is 117. The number of hydrogen-bond acceptors (Lipinski definition) is 3. The average Bonchev–Trinajstić information content (AvgIpc) is 1.98. The number of rotatable bonds is 5. The van der Waals surface area contributed by atoms with E-state index in [0.717, 1.165) is 13.0 Å². The van der Waals surface area contributed by atoms with Crippen molar-refractivity contribution in [2.45, 2.75) is 6.42 Å². The number of hydrogen-bond donors (Lipinski definition) is 1. The number of nitrogens with one attached hydrogen (secondary N) is 1. The lowest BCUT2D eigenvalue weighted by molar-refractivity contribution is -0.137. The molecule has 0 rings (SSSR count). The van der Waals surface area contributed by atoms with E-state index >= 15 is 0 Å². The summed E-state index contributed by atoms with van der Waals surface area (Å²) in [6.07, 6.45) is 2.01. The summed E-state index contributed by atoms with van der Waals surface area (Å²) in [5.74, 6) is -0.351. The highest BCUT2D eigenvalue weighted by Gasteiger charge is 1.92. The van der Waals surface area contributed by atoms with Gasteiger partial charge < -0.3 is 10.1 Å². The molecule has 4 heteroatoms. The van der Waals surface area contributed by atoms with Gasteiger partial charge in [0.2, 0.25) is 0 Å². The Hall–Kier alpha value is -0.540. The fourth-order valence-corrected chi connectivity index (χ4v) is 0.481. The van der Waals surface area contributed by atoms with Crippen LogP contribution in [0.3, 0.4) is 0 Å². The molecule has 0 aromatic rings. The molecule has 0 unspecified atom stereocenters. The van der Waals surface area contributed by atoms with Crippen LogP contribution in [0, 0.1) is 0 Å². The standard InChI is InChI=1S/C7H13NO2.ClH/c1-3-7(9)10-6-4-5-8-2;/h3,8H,1,4-6H2,2H3;1H. The highest BCUT2D eigenvalue weighted by Crippen LogP contribution is 1.82. The Labute approximate surface area is 73.2 Å². The van der Waals surface area contributed by atoms with Gasteiger partial charge in [-0.25, -0.2) is 4.79 Å². The van der Waals surface area contributed by atoms with Crippen molar-refractivity contribution >= 4 is 18.4 Å². The van der Waals surface area contributed by atoms with Gasteiger partial charge in [-0.3, -0.25) is 0 Å². The Morgan fingerprint density at radius 2 is 2.36 bits per heavy atom. The van der Waals surface area contributed by atoms with Crippen LogP contribution in [0.15, 0.2) is 12.7 Å². The van der Waals surface area contributed by atoms with E-state index in [0.29, 0.717) is 6.61 Å². The molecule has 0 aliphatic heterocycles. The lowest BCUT2D eigenvalue weighted by Gasteiger charge is -1.99. The minimum absolute atomic E-state index is 0. The van der Waals surface area contributed by atoms with Crippen molar-refractivity contribution in [2.75, 3.05) is 20.2 Å². The second-order valence-corrected chi connectivity index (χ2v) is 1.83. The zero-order valence-corrected chi connectivity index (χ0v) is 7.45. The minimum Gasteiger partial charge on any atom is -0.462 e. The van der Waals surface area contributed by atoms with Crippen molar-refractivity contribution in [1.82, 2.24) is 5.32 Å². The van der Waals surface area contributed by atoms with E-state index in [2.05, 4.69) is 11.9 Å². The molecule has 0 heterocycles. The lowest BCUT2D eigenvalue weighted by Crippen LogP contribution is -2.11. The van der Waals surface area contributed by atoms with Gasteiger partial charge in [0.1, 0.15) is 0 Å². The largest absolute Gasteiger partial charge is 0.462 e. The number of halogens is 1. The Morgan fingerprint density at radius 1 is 1.73 bits per heavy atom. The molecule has 0 saturated carbocycles. The summed E-state index contributed by atoms with van der Waals surface area (Å²) in [6, 6.07) is 0. The van der Waals surface area contributed by atoms with Crippen molar-refractivity contribution in [1.29, 1.82) is 0 Å². The first kappa shape index (κ1) is 13.1. The molecule has 0 amide bonds. The number of esters is 1. The minimum atomic E-state index is -0.351.